The molecule has 0 aromatic carbocycles. The molecule has 1 fully saturated rings. The van der Waals surface area contributed by atoms with Crippen molar-refractivity contribution in [2.24, 2.45) is 11.8 Å². The molecule has 0 radical (unpaired) electrons. The van der Waals surface area contributed by atoms with Gasteiger partial charge in [-0.2, -0.15) is 13.2 Å². The molecule has 1 saturated carbocycles. The van der Waals surface area contributed by atoms with Crippen LogP contribution in [-0.4, -0.2) is 19.3 Å². The van der Waals surface area contributed by atoms with Crippen LogP contribution in [0.25, 0.3) is 0 Å². The van der Waals surface area contributed by atoms with E-state index in [1.165, 1.54) is 25.7 Å². The monoisotopic (exact) mass is 209 g/mol. The number of hydrogen-bond acceptors (Lipinski definition) is 1. The molecule has 1 rings (SSSR count). The Bertz CT molecular complexity index is 161. The van der Waals surface area contributed by atoms with E-state index in [-0.39, 0.29) is 0 Å². The van der Waals surface area contributed by atoms with Gasteiger partial charge >= 0.3 is 6.18 Å². The number of hydrogen-bond donors (Lipinski definition) is 1. The summed E-state index contributed by atoms with van der Waals surface area (Å²) in [5, 5.41) is 2.48. The van der Waals surface area contributed by atoms with Crippen molar-refractivity contribution in [3.8, 4) is 0 Å². The minimum Gasteiger partial charge on any atom is -0.308 e. The van der Waals surface area contributed by atoms with Crippen molar-refractivity contribution in [3.63, 3.8) is 0 Å². The first-order valence-corrected chi connectivity index (χ1v) is 5.26. The van der Waals surface area contributed by atoms with Crippen LogP contribution in [0, 0.1) is 11.8 Å². The standard InChI is InChI=1S/C10H18F3N/c1-8(9-4-2-3-5-9)6-14-7-10(11,12)13/h8-9,14H,2-7H2,1H3. The predicted molar refractivity (Wildman–Crippen MR) is 50.0 cm³/mol. The van der Waals surface area contributed by atoms with E-state index in [2.05, 4.69) is 5.32 Å². The van der Waals surface area contributed by atoms with E-state index in [0.29, 0.717) is 18.4 Å². The summed E-state index contributed by atoms with van der Waals surface area (Å²) in [7, 11) is 0. The molecule has 1 unspecified atom stereocenters. The van der Waals surface area contributed by atoms with Crippen LogP contribution in [0.5, 0.6) is 0 Å². The Kier molecular flexibility index (Phi) is 4.23. The van der Waals surface area contributed by atoms with Crippen LogP contribution in [-0.2, 0) is 0 Å². The average Bonchev–Trinajstić information content (AvgIpc) is 2.53. The quantitative estimate of drug-likeness (QED) is 0.750. The van der Waals surface area contributed by atoms with E-state index in [1.807, 2.05) is 6.92 Å². The minimum atomic E-state index is -4.07. The highest BCUT2D eigenvalue weighted by Crippen LogP contribution is 2.30. The Labute approximate surface area is 83.1 Å². The summed E-state index contributed by atoms with van der Waals surface area (Å²) in [6.07, 6.45) is 0.793. The molecule has 1 N–H and O–H groups in total. The van der Waals surface area contributed by atoms with Crippen LogP contribution in [0.3, 0.4) is 0 Å². The topological polar surface area (TPSA) is 12.0 Å². The highest BCUT2D eigenvalue weighted by Gasteiger charge is 2.27. The summed E-state index contributed by atoms with van der Waals surface area (Å²) >= 11 is 0. The normalized spacial score (nSPS) is 21.4. The number of alkyl halides is 3. The molecule has 1 aliphatic rings. The first-order valence-electron chi connectivity index (χ1n) is 5.26. The molecular formula is C10H18F3N. The van der Waals surface area contributed by atoms with E-state index >= 15 is 0 Å². The molecule has 1 nitrogen and oxygen atoms in total. The lowest BCUT2D eigenvalue weighted by molar-refractivity contribution is -0.125. The summed E-state index contributed by atoms with van der Waals surface area (Å²) in [5.74, 6) is 1.01. The second-order valence-electron chi connectivity index (χ2n) is 4.27. The van der Waals surface area contributed by atoms with Crippen molar-refractivity contribution in [1.29, 1.82) is 0 Å². The highest BCUT2D eigenvalue weighted by atomic mass is 19.4. The fourth-order valence-electron chi connectivity index (χ4n) is 2.13. The molecule has 1 atom stereocenters. The van der Waals surface area contributed by atoms with Gasteiger partial charge in [-0.05, 0) is 18.4 Å². The summed E-state index contributed by atoms with van der Waals surface area (Å²) in [5.41, 5.74) is 0. The van der Waals surface area contributed by atoms with E-state index in [1.54, 1.807) is 0 Å². The summed E-state index contributed by atoms with van der Waals surface area (Å²) in [6, 6.07) is 0. The molecule has 0 spiro atoms. The Balaban J connectivity index is 2.11. The van der Waals surface area contributed by atoms with Gasteiger partial charge in [-0.25, -0.2) is 0 Å². The first kappa shape index (κ1) is 11.8. The molecule has 0 amide bonds. The highest BCUT2D eigenvalue weighted by molar-refractivity contribution is 4.74. The molecule has 84 valence electrons. The maximum absolute atomic E-state index is 11.8. The van der Waals surface area contributed by atoms with Crippen molar-refractivity contribution >= 4 is 0 Å². The fourth-order valence-corrected chi connectivity index (χ4v) is 2.13. The minimum absolute atomic E-state index is 0.375. The van der Waals surface area contributed by atoms with Crippen LogP contribution in [0.1, 0.15) is 32.6 Å². The molecule has 1 aliphatic carbocycles. The number of nitrogens with one attached hydrogen (secondary N) is 1. The second kappa shape index (κ2) is 5.01. The van der Waals surface area contributed by atoms with Gasteiger partial charge in [-0.15, -0.1) is 0 Å². The van der Waals surface area contributed by atoms with Crippen molar-refractivity contribution in [3.05, 3.63) is 0 Å². The van der Waals surface area contributed by atoms with Gasteiger partial charge in [0, 0.05) is 0 Å². The molecule has 0 saturated heterocycles. The molecule has 0 aromatic rings. The Morgan fingerprint density at radius 1 is 1.29 bits per heavy atom. The van der Waals surface area contributed by atoms with Crippen LogP contribution >= 0.6 is 0 Å². The van der Waals surface area contributed by atoms with Crippen molar-refractivity contribution in [1.82, 2.24) is 5.32 Å². The Morgan fingerprint density at radius 2 is 1.86 bits per heavy atom. The Morgan fingerprint density at radius 3 is 2.36 bits per heavy atom. The Hall–Kier alpha value is -0.250. The van der Waals surface area contributed by atoms with E-state index in [4.69, 9.17) is 0 Å². The SMILES string of the molecule is CC(CNCC(F)(F)F)C1CCCC1. The zero-order valence-electron chi connectivity index (χ0n) is 8.53. The lowest BCUT2D eigenvalue weighted by atomic mass is 9.93. The lowest BCUT2D eigenvalue weighted by Gasteiger charge is -2.19. The lowest BCUT2D eigenvalue weighted by Crippen LogP contribution is -2.33. The zero-order valence-corrected chi connectivity index (χ0v) is 8.53. The molecule has 0 aliphatic heterocycles. The third-order valence-corrected chi connectivity index (χ3v) is 3.00. The molecule has 0 bridgehead atoms. The summed E-state index contributed by atoms with van der Waals surface area (Å²) < 4.78 is 35.5. The van der Waals surface area contributed by atoms with E-state index < -0.39 is 12.7 Å². The number of halogens is 3. The van der Waals surface area contributed by atoms with Gasteiger partial charge < -0.3 is 5.32 Å². The van der Waals surface area contributed by atoms with Gasteiger partial charge in [0.2, 0.25) is 0 Å². The summed E-state index contributed by atoms with van der Waals surface area (Å²) in [4.78, 5) is 0. The largest absolute Gasteiger partial charge is 0.401 e. The van der Waals surface area contributed by atoms with Gasteiger partial charge in [0.1, 0.15) is 0 Å². The molecule has 0 heterocycles. The zero-order chi connectivity index (χ0) is 10.6. The van der Waals surface area contributed by atoms with Gasteiger partial charge in [0.05, 0.1) is 6.54 Å². The van der Waals surface area contributed by atoms with Crippen molar-refractivity contribution in [2.75, 3.05) is 13.1 Å². The van der Waals surface area contributed by atoms with Gasteiger partial charge in [-0.3, -0.25) is 0 Å². The van der Waals surface area contributed by atoms with Crippen molar-refractivity contribution < 1.29 is 13.2 Å². The smallest absolute Gasteiger partial charge is 0.308 e. The van der Waals surface area contributed by atoms with Crippen LogP contribution in [0.4, 0.5) is 13.2 Å². The van der Waals surface area contributed by atoms with Crippen LogP contribution < -0.4 is 5.32 Å². The maximum Gasteiger partial charge on any atom is 0.401 e. The molecule has 4 heteroatoms. The third-order valence-electron chi connectivity index (χ3n) is 3.00. The fraction of sp³-hybridized carbons (Fsp3) is 1.00. The van der Waals surface area contributed by atoms with Gasteiger partial charge in [0.15, 0.2) is 0 Å². The van der Waals surface area contributed by atoms with E-state index in [9.17, 15) is 13.2 Å². The summed E-state index contributed by atoms with van der Waals surface area (Å²) in [6.45, 7) is 1.67. The number of rotatable bonds is 4. The van der Waals surface area contributed by atoms with Crippen LogP contribution in [0.15, 0.2) is 0 Å². The van der Waals surface area contributed by atoms with E-state index in [0.717, 1.165) is 0 Å². The first-order chi connectivity index (χ1) is 6.49. The van der Waals surface area contributed by atoms with Gasteiger partial charge in [0.25, 0.3) is 0 Å². The average molecular weight is 209 g/mol. The molecular weight excluding hydrogens is 191 g/mol. The predicted octanol–water partition coefficient (Wildman–Crippen LogP) is 2.96. The van der Waals surface area contributed by atoms with Gasteiger partial charge in [-0.1, -0.05) is 32.6 Å². The second-order valence-corrected chi connectivity index (χ2v) is 4.27. The molecule has 14 heavy (non-hydrogen) atoms. The molecule has 0 aromatic heterocycles. The van der Waals surface area contributed by atoms with Crippen LogP contribution in [0.2, 0.25) is 0 Å². The maximum atomic E-state index is 11.8. The van der Waals surface area contributed by atoms with Crippen molar-refractivity contribution in [2.45, 2.75) is 38.8 Å². The third kappa shape index (κ3) is 4.31.